The van der Waals surface area contributed by atoms with Crippen molar-refractivity contribution in [1.82, 2.24) is 0 Å². The van der Waals surface area contributed by atoms with Gasteiger partial charge in [-0.05, 0) is 24.3 Å². The summed E-state index contributed by atoms with van der Waals surface area (Å²) >= 11 is 0. The first-order valence-electron chi connectivity index (χ1n) is 6.73. The Morgan fingerprint density at radius 2 is 1.77 bits per heavy atom. The van der Waals surface area contributed by atoms with Crippen molar-refractivity contribution in [1.29, 1.82) is 0 Å². The maximum atomic E-state index is 12.5. The lowest BCUT2D eigenvalue weighted by Crippen LogP contribution is -2.26. The highest BCUT2D eigenvalue weighted by Crippen LogP contribution is 2.23. The van der Waals surface area contributed by atoms with Gasteiger partial charge in [0, 0.05) is 5.56 Å². The number of benzene rings is 2. The number of carbonyl (C=O) groups is 2. The summed E-state index contributed by atoms with van der Waals surface area (Å²) in [6.07, 6.45) is 0. The van der Waals surface area contributed by atoms with Crippen LogP contribution in [0.1, 0.15) is 15.9 Å². The molecule has 0 fully saturated rings. The molecule has 1 atom stereocenters. The van der Waals surface area contributed by atoms with Crippen molar-refractivity contribution in [3.63, 3.8) is 0 Å². The Labute approximate surface area is 127 Å². The molecular weight excluding hydrogens is 282 g/mol. The highest BCUT2D eigenvalue weighted by molar-refractivity contribution is 6.20. The smallest absolute Gasteiger partial charge is 0.345 e. The molecule has 0 aromatic heterocycles. The lowest BCUT2D eigenvalue weighted by atomic mass is 10.0. The minimum absolute atomic E-state index is 0.166. The van der Waals surface area contributed by atoms with Crippen molar-refractivity contribution in [3.05, 3.63) is 65.7 Å². The summed E-state index contributed by atoms with van der Waals surface area (Å²) in [4.78, 5) is 28.6. The van der Waals surface area contributed by atoms with Crippen molar-refractivity contribution in [2.75, 3.05) is 7.11 Å². The fraction of sp³-hybridized carbons (Fsp3) is 0.118. The summed E-state index contributed by atoms with van der Waals surface area (Å²) in [6, 6.07) is 14.5. The minimum atomic E-state index is -1.19. The highest BCUT2D eigenvalue weighted by atomic mass is 16.6. The lowest BCUT2D eigenvalue weighted by Gasteiger charge is -2.07. The van der Waals surface area contributed by atoms with E-state index >= 15 is 0 Å². The molecule has 1 aliphatic heterocycles. The van der Waals surface area contributed by atoms with Crippen LogP contribution in [0.25, 0.3) is 0 Å². The number of para-hydroxylation sites is 1. The second kappa shape index (κ2) is 5.81. The molecule has 0 bridgehead atoms. The predicted molar refractivity (Wildman–Crippen MR) is 80.2 cm³/mol. The summed E-state index contributed by atoms with van der Waals surface area (Å²) in [5.74, 6) is -0.536. The number of carbonyl (C=O) groups excluding carboxylic acids is 2. The van der Waals surface area contributed by atoms with Gasteiger partial charge in [0.25, 0.3) is 0 Å². The van der Waals surface area contributed by atoms with Crippen LogP contribution in [0.5, 0.6) is 5.75 Å². The normalized spacial score (nSPS) is 16.9. The number of aliphatic imine (C=N–C) groups is 1. The molecule has 5 heteroatoms. The molecular formula is C17H13NO4. The second-order valence-electron chi connectivity index (χ2n) is 4.69. The van der Waals surface area contributed by atoms with Crippen LogP contribution in [0.3, 0.4) is 0 Å². The van der Waals surface area contributed by atoms with Crippen LogP contribution in [-0.2, 0) is 9.53 Å². The molecule has 5 nitrogen and oxygen atoms in total. The molecule has 0 saturated heterocycles. The molecule has 1 aliphatic rings. The van der Waals surface area contributed by atoms with Gasteiger partial charge in [-0.1, -0.05) is 30.3 Å². The third kappa shape index (κ3) is 2.48. The highest BCUT2D eigenvalue weighted by Gasteiger charge is 2.37. The van der Waals surface area contributed by atoms with E-state index in [0.29, 0.717) is 16.9 Å². The molecule has 2 aromatic rings. The number of nitrogens with zero attached hydrogens (tertiary/aromatic N) is 1. The van der Waals surface area contributed by atoms with Crippen molar-refractivity contribution < 1.29 is 19.1 Å². The quantitative estimate of drug-likeness (QED) is 0.493. The Bertz CT molecular complexity index is 752. The zero-order chi connectivity index (χ0) is 15.5. The van der Waals surface area contributed by atoms with E-state index in [-0.39, 0.29) is 5.90 Å². The summed E-state index contributed by atoms with van der Waals surface area (Å²) in [7, 11) is 1.47. The van der Waals surface area contributed by atoms with Gasteiger partial charge in [0.05, 0.1) is 12.7 Å². The first-order valence-corrected chi connectivity index (χ1v) is 6.73. The Morgan fingerprint density at radius 1 is 1.09 bits per heavy atom. The minimum Gasteiger partial charge on any atom is -0.496 e. The predicted octanol–water partition coefficient (Wildman–Crippen LogP) is 2.25. The van der Waals surface area contributed by atoms with Crippen molar-refractivity contribution in [2.45, 2.75) is 6.04 Å². The lowest BCUT2D eigenvalue weighted by molar-refractivity contribution is -0.133. The third-order valence-corrected chi connectivity index (χ3v) is 3.31. The van der Waals surface area contributed by atoms with Gasteiger partial charge < -0.3 is 9.47 Å². The molecule has 0 aliphatic carbocycles. The SMILES string of the molecule is COc1ccccc1C(=O)[C@@H]1N=C(c2ccccc2)OC1=O. The van der Waals surface area contributed by atoms with Crippen LogP contribution in [0.4, 0.5) is 0 Å². The van der Waals surface area contributed by atoms with Crippen LogP contribution in [0.15, 0.2) is 59.6 Å². The fourth-order valence-electron chi connectivity index (χ4n) is 2.22. The van der Waals surface area contributed by atoms with Crippen LogP contribution in [0, 0.1) is 0 Å². The van der Waals surface area contributed by atoms with Crippen molar-refractivity contribution in [2.24, 2.45) is 4.99 Å². The topological polar surface area (TPSA) is 65.0 Å². The zero-order valence-electron chi connectivity index (χ0n) is 11.9. The van der Waals surface area contributed by atoms with Gasteiger partial charge in [0.1, 0.15) is 5.75 Å². The fourth-order valence-corrected chi connectivity index (χ4v) is 2.22. The van der Waals surface area contributed by atoms with Crippen LogP contribution < -0.4 is 4.74 Å². The number of esters is 1. The molecule has 110 valence electrons. The molecule has 0 radical (unpaired) electrons. The molecule has 0 saturated carbocycles. The molecule has 0 N–H and O–H groups in total. The zero-order valence-corrected chi connectivity index (χ0v) is 11.9. The monoisotopic (exact) mass is 295 g/mol. The molecule has 0 spiro atoms. The number of methoxy groups -OCH3 is 1. The van der Waals surface area contributed by atoms with Crippen LogP contribution >= 0.6 is 0 Å². The second-order valence-corrected chi connectivity index (χ2v) is 4.69. The Kier molecular flexibility index (Phi) is 3.70. The van der Waals surface area contributed by atoms with Gasteiger partial charge in [-0.15, -0.1) is 0 Å². The Morgan fingerprint density at radius 3 is 2.50 bits per heavy atom. The molecule has 0 unspecified atom stereocenters. The molecule has 22 heavy (non-hydrogen) atoms. The first-order chi connectivity index (χ1) is 10.7. The largest absolute Gasteiger partial charge is 0.496 e. The Balaban J connectivity index is 1.93. The Hall–Kier alpha value is -2.95. The van der Waals surface area contributed by atoms with Gasteiger partial charge in [0.15, 0.2) is 0 Å². The van der Waals surface area contributed by atoms with E-state index in [9.17, 15) is 9.59 Å². The summed E-state index contributed by atoms with van der Waals surface area (Å²) in [5.41, 5.74) is 0.969. The van der Waals surface area contributed by atoms with Crippen LogP contribution in [0.2, 0.25) is 0 Å². The maximum Gasteiger partial charge on any atom is 0.345 e. The van der Waals surface area contributed by atoms with E-state index in [0.717, 1.165) is 0 Å². The number of Topliss-reactive ketones (excluding diaryl/α,β-unsaturated/α-hetero) is 1. The molecule has 1 heterocycles. The number of ether oxygens (including phenoxy) is 2. The number of hydrogen-bond acceptors (Lipinski definition) is 5. The number of hydrogen-bond donors (Lipinski definition) is 0. The molecule has 0 amide bonds. The van der Waals surface area contributed by atoms with Crippen LogP contribution in [-0.4, -0.2) is 30.8 Å². The van der Waals surface area contributed by atoms with Gasteiger partial charge in [-0.3, -0.25) is 4.79 Å². The van der Waals surface area contributed by atoms with Gasteiger partial charge in [0.2, 0.25) is 17.7 Å². The standard InChI is InChI=1S/C17H13NO4/c1-21-13-10-6-5-9-12(13)15(19)14-17(20)22-16(18-14)11-7-3-2-4-8-11/h2-10,14H,1H3/t14-/m0/s1. The average molecular weight is 295 g/mol. The van der Waals surface area contributed by atoms with E-state index in [1.54, 1.807) is 48.5 Å². The first kappa shape index (κ1) is 14.0. The van der Waals surface area contributed by atoms with Gasteiger partial charge in [-0.2, -0.15) is 0 Å². The number of ketones is 1. The maximum absolute atomic E-state index is 12.5. The molecule has 2 aromatic carbocycles. The van der Waals surface area contributed by atoms with Gasteiger partial charge >= 0.3 is 5.97 Å². The summed E-state index contributed by atoms with van der Waals surface area (Å²) in [5, 5.41) is 0. The molecule has 3 rings (SSSR count). The van der Waals surface area contributed by atoms with E-state index < -0.39 is 17.8 Å². The number of cyclic esters (lactones) is 1. The summed E-state index contributed by atoms with van der Waals surface area (Å²) in [6.45, 7) is 0. The summed E-state index contributed by atoms with van der Waals surface area (Å²) < 4.78 is 10.3. The average Bonchev–Trinajstić information content (AvgIpc) is 2.97. The van der Waals surface area contributed by atoms with E-state index in [2.05, 4.69) is 4.99 Å². The van der Waals surface area contributed by atoms with E-state index in [1.165, 1.54) is 7.11 Å². The van der Waals surface area contributed by atoms with E-state index in [1.807, 2.05) is 6.07 Å². The van der Waals surface area contributed by atoms with Gasteiger partial charge in [-0.25, -0.2) is 9.79 Å². The van der Waals surface area contributed by atoms with E-state index in [4.69, 9.17) is 9.47 Å². The number of rotatable bonds is 4. The van der Waals surface area contributed by atoms with Crippen molar-refractivity contribution in [3.8, 4) is 5.75 Å². The van der Waals surface area contributed by atoms with Crippen molar-refractivity contribution >= 4 is 17.7 Å². The third-order valence-electron chi connectivity index (χ3n) is 3.31.